The number of halogens is 2. The van der Waals surface area contributed by atoms with E-state index in [-0.39, 0.29) is 12.2 Å². The summed E-state index contributed by atoms with van der Waals surface area (Å²) in [4.78, 5) is 15.2. The van der Waals surface area contributed by atoms with Crippen LogP contribution in [0.2, 0.25) is 0 Å². The van der Waals surface area contributed by atoms with Crippen LogP contribution in [-0.4, -0.2) is 43.4 Å². The third-order valence-corrected chi connectivity index (χ3v) is 6.88. The molecule has 0 radical (unpaired) electrons. The largest absolute Gasteiger partial charge is 0.350 e. The van der Waals surface area contributed by atoms with Gasteiger partial charge in [-0.15, -0.1) is 11.3 Å². The Kier molecular flexibility index (Phi) is 4.82. The van der Waals surface area contributed by atoms with Gasteiger partial charge in [-0.05, 0) is 50.8 Å². The van der Waals surface area contributed by atoms with Gasteiger partial charge in [0.15, 0.2) is 6.29 Å². The van der Waals surface area contributed by atoms with E-state index in [2.05, 4.69) is 31.9 Å². The highest BCUT2D eigenvalue weighted by Crippen LogP contribution is 2.34. The molecule has 0 N–H and O–H groups in total. The zero-order valence-corrected chi connectivity index (χ0v) is 14.8. The van der Waals surface area contributed by atoms with Gasteiger partial charge in [0.05, 0.1) is 21.9 Å². The lowest BCUT2D eigenvalue weighted by molar-refractivity contribution is -0.0968. The average molecular weight is 425 g/mol. The van der Waals surface area contributed by atoms with Gasteiger partial charge in [0.25, 0.3) is 5.91 Å². The fourth-order valence-electron chi connectivity index (χ4n) is 2.67. The summed E-state index contributed by atoms with van der Waals surface area (Å²) in [5.74, 6) is 0.395. The van der Waals surface area contributed by atoms with Gasteiger partial charge >= 0.3 is 0 Å². The first-order valence-corrected chi connectivity index (χ1v) is 9.02. The molecule has 20 heavy (non-hydrogen) atoms. The molecule has 2 aliphatic heterocycles. The molecule has 110 valence electrons. The van der Waals surface area contributed by atoms with Gasteiger partial charge in [-0.2, -0.15) is 0 Å². The van der Waals surface area contributed by atoms with Crippen LogP contribution in [0.3, 0.4) is 0 Å². The summed E-state index contributed by atoms with van der Waals surface area (Å²) in [5, 5.41) is 0. The van der Waals surface area contributed by atoms with Crippen molar-refractivity contribution in [2.75, 3.05) is 26.3 Å². The molecule has 2 saturated heterocycles. The Morgan fingerprint density at radius 1 is 1.35 bits per heavy atom. The number of hydrogen-bond donors (Lipinski definition) is 0. The van der Waals surface area contributed by atoms with Gasteiger partial charge in [-0.3, -0.25) is 4.79 Å². The first kappa shape index (κ1) is 15.0. The quantitative estimate of drug-likeness (QED) is 0.729. The van der Waals surface area contributed by atoms with Gasteiger partial charge in [-0.1, -0.05) is 0 Å². The lowest BCUT2D eigenvalue weighted by Gasteiger charge is -2.34. The van der Waals surface area contributed by atoms with Crippen LogP contribution >= 0.6 is 43.2 Å². The SMILES string of the molecule is O=C(c1cc(Br)c(Br)s1)N1CCCC(C2OCCO2)C1. The molecule has 0 aromatic carbocycles. The molecule has 2 fully saturated rings. The molecule has 1 aromatic heterocycles. The highest BCUT2D eigenvalue weighted by molar-refractivity contribution is 9.13. The first-order chi connectivity index (χ1) is 9.65. The van der Waals surface area contributed by atoms with E-state index in [0.29, 0.717) is 19.1 Å². The summed E-state index contributed by atoms with van der Waals surface area (Å²) >= 11 is 8.33. The molecule has 3 rings (SSSR count). The molecular weight excluding hydrogens is 410 g/mol. The standard InChI is InChI=1S/C13H15Br2NO3S/c14-9-6-10(20-11(9)15)12(17)16-3-1-2-8(7-16)13-18-4-5-19-13/h6,8,13H,1-5,7H2. The minimum absolute atomic E-state index is 0.101. The van der Waals surface area contributed by atoms with Gasteiger partial charge in [0, 0.05) is 23.5 Å². The molecule has 4 nitrogen and oxygen atoms in total. The van der Waals surface area contributed by atoms with Crippen LogP contribution in [0.4, 0.5) is 0 Å². The number of likely N-dealkylation sites (tertiary alicyclic amines) is 1. The molecule has 0 aliphatic carbocycles. The second-order valence-electron chi connectivity index (χ2n) is 5.00. The van der Waals surface area contributed by atoms with Crippen molar-refractivity contribution in [2.24, 2.45) is 5.92 Å². The third-order valence-electron chi connectivity index (χ3n) is 3.63. The van der Waals surface area contributed by atoms with Crippen molar-refractivity contribution in [2.45, 2.75) is 19.1 Å². The second-order valence-corrected chi connectivity index (χ2v) is 8.22. The Hall–Kier alpha value is 0.0500. The van der Waals surface area contributed by atoms with Crippen LogP contribution in [0.15, 0.2) is 14.3 Å². The molecule has 0 saturated carbocycles. The zero-order valence-electron chi connectivity index (χ0n) is 10.8. The number of amides is 1. The van der Waals surface area contributed by atoms with E-state index < -0.39 is 0 Å². The van der Waals surface area contributed by atoms with Crippen molar-refractivity contribution in [1.82, 2.24) is 4.90 Å². The maximum absolute atomic E-state index is 12.5. The summed E-state index contributed by atoms with van der Waals surface area (Å²) < 4.78 is 13.0. The summed E-state index contributed by atoms with van der Waals surface area (Å²) in [7, 11) is 0. The third kappa shape index (κ3) is 3.11. The fourth-order valence-corrected chi connectivity index (χ4v) is 4.68. The highest BCUT2D eigenvalue weighted by Gasteiger charge is 2.33. The van der Waals surface area contributed by atoms with E-state index in [0.717, 1.165) is 39.1 Å². The molecule has 3 heterocycles. The van der Waals surface area contributed by atoms with Crippen molar-refractivity contribution in [1.29, 1.82) is 0 Å². The maximum atomic E-state index is 12.5. The average Bonchev–Trinajstić information content (AvgIpc) is 3.09. The minimum Gasteiger partial charge on any atom is -0.350 e. The van der Waals surface area contributed by atoms with Crippen molar-refractivity contribution >= 4 is 49.1 Å². The normalized spacial score (nSPS) is 24.3. The lowest BCUT2D eigenvalue weighted by atomic mass is 9.97. The predicted molar refractivity (Wildman–Crippen MR) is 84.0 cm³/mol. The molecule has 1 amide bonds. The molecule has 0 bridgehead atoms. The topological polar surface area (TPSA) is 38.8 Å². The number of carbonyl (C=O) groups is 1. The molecule has 0 spiro atoms. The minimum atomic E-state index is -0.132. The summed E-state index contributed by atoms with van der Waals surface area (Å²) in [6.45, 7) is 2.87. The lowest BCUT2D eigenvalue weighted by Crippen LogP contribution is -2.43. The van der Waals surface area contributed by atoms with Crippen LogP contribution in [0.5, 0.6) is 0 Å². The van der Waals surface area contributed by atoms with E-state index in [1.54, 1.807) is 0 Å². The Morgan fingerprint density at radius 2 is 2.10 bits per heavy atom. The number of piperidine rings is 1. The predicted octanol–water partition coefficient (Wildman–Crippen LogP) is 3.50. The van der Waals surface area contributed by atoms with E-state index >= 15 is 0 Å². The van der Waals surface area contributed by atoms with Crippen LogP contribution in [0.1, 0.15) is 22.5 Å². The summed E-state index contributed by atoms with van der Waals surface area (Å²) in [5.41, 5.74) is 0. The maximum Gasteiger partial charge on any atom is 0.264 e. The van der Waals surface area contributed by atoms with Crippen LogP contribution in [0.25, 0.3) is 0 Å². The Labute approximate surface area is 138 Å². The van der Waals surface area contributed by atoms with E-state index in [1.807, 2.05) is 11.0 Å². The van der Waals surface area contributed by atoms with E-state index in [9.17, 15) is 4.79 Å². The number of carbonyl (C=O) groups excluding carboxylic acids is 1. The van der Waals surface area contributed by atoms with Crippen molar-refractivity contribution in [3.8, 4) is 0 Å². The number of nitrogens with zero attached hydrogens (tertiary/aromatic N) is 1. The second kappa shape index (κ2) is 6.44. The van der Waals surface area contributed by atoms with Gasteiger partial charge in [-0.25, -0.2) is 0 Å². The van der Waals surface area contributed by atoms with Crippen molar-refractivity contribution < 1.29 is 14.3 Å². The molecule has 2 aliphatic rings. The Bertz CT molecular complexity index is 482. The van der Waals surface area contributed by atoms with Gasteiger partial charge in [0.2, 0.25) is 0 Å². The van der Waals surface area contributed by atoms with Crippen LogP contribution in [0, 0.1) is 5.92 Å². The van der Waals surface area contributed by atoms with Crippen molar-refractivity contribution in [3.63, 3.8) is 0 Å². The highest BCUT2D eigenvalue weighted by atomic mass is 79.9. The molecule has 1 aromatic rings. The number of ether oxygens (including phenoxy) is 2. The fraction of sp³-hybridized carbons (Fsp3) is 0.615. The number of rotatable bonds is 2. The van der Waals surface area contributed by atoms with Gasteiger partial charge < -0.3 is 14.4 Å². The van der Waals surface area contributed by atoms with E-state index in [4.69, 9.17) is 9.47 Å². The number of hydrogen-bond acceptors (Lipinski definition) is 4. The first-order valence-electron chi connectivity index (χ1n) is 6.62. The molecule has 1 atom stereocenters. The Balaban J connectivity index is 1.68. The Morgan fingerprint density at radius 3 is 2.75 bits per heavy atom. The number of thiophene rings is 1. The summed E-state index contributed by atoms with van der Waals surface area (Å²) in [6, 6.07) is 1.88. The monoisotopic (exact) mass is 423 g/mol. The molecule has 7 heteroatoms. The van der Waals surface area contributed by atoms with Crippen LogP contribution in [-0.2, 0) is 9.47 Å². The summed E-state index contributed by atoms with van der Waals surface area (Å²) in [6.07, 6.45) is 1.94. The molecule has 1 unspecified atom stereocenters. The van der Waals surface area contributed by atoms with Gasteiger partial charge in [0.1, 0.15) is 0 Å². The molecular formula is C13H15Br2NO3S. The van der Waals surface area contributed by atoms with Crippen LogP contribution < -0.4 is 0 Å². The van der Waals surface area contributed by atoms with Crippen molar-refractivity contribution in [3.05, 3.63) is 19.2 Å². The zero-order chi connectivity index (χ0) is 14.1. The van der Waals surface area contributed by atoms with E-state index in [1.165, 1.54) is 11.3 Å². The smallest absolute Gasteiger partial charge is 0.264 e.